The minimum absolute atomic E-state index is 0.0153. The van der Waals surface area contributed by atoms with Gasteiger partial charge in [-0.05, 0) is 13.0 Å². The standard InChI is InChI=1S/C16H20FNOS/c1-15(2,3)13-10-20-14(18-13)9-16(4,19)11-7-5-6-8-12(11)17/h5-8,10,19H,9H2,1-4H3. The molecular weight excluding hydrogens is 273 g/mol. The highest BCUT2D eigenvalue weighted by molar-refractivity contribution is 7.09. The lowest BCUT2D eigenvalue weighted by molar-refractivity contribution is 0.0537. The summed E-state index contributed by atoms with van der Waals surface area (Å²) in [5.74, 6) is -0.384. The lowest BCUT2D eigenvalue weighted by Crippen LogP contribution is -2.25. The largest absolute Gasteiger partial charge is 0.385 e. The van der Waals surface area contributed by atoms with Gasteiger partial charge in [0.15, 0.2) is 0 Å². The first-order chi connectivity index (χ1) is 9.20. The zero-order valence-corrected chi connectivity index (χ0v) is 13.1. The van der Waals surface area contributed by atoms with Crippen LogP contribution in [0.3, 0.4) is 0 Å². The molecule has 0 aliphatic heterocycles. The Kier molecular flexibility index (Phi) is 3.98. The predicted octanol–water partition coefficient (Wildman–Crippen LogP) is 4.03. The third kappa shape index (κ3) is 3.25. The van der Waals surface area contributed by atoms with Crippen molar-refractivity contribution in [2.75, 3.05) is 0 Å². The van der Waals surface area contributed by atoms with Crippen molar-refractivity contribution in [3.63, 3.8) is 0 Å². The zero-order chi connectivity index (χ0) is 15.0. The monoisotopic (exact) mass is 293 g/mol. The number of aliphatic hydroxyl groups is 1. The van der Waals surface area contributed by atoms with Gasteiger partial charge in [-0.15, -0.1) is 11.3 Å². The maximum absolute atomic E-state index is 13.8. The predicted molar refractivity (Wildman–Crippen MR) is 80.5 cm³/mol. The van der Waals surface area contributed by atoms with E-state index in [0.717, 1.165) is 10.7 Å². The van der Waals surface area contributed by atoms with Crippen LogP contribution in [0, 0.1) is 5.82 Å². The van der Waals surface area contributed by atoms with E-state index in [1.54, 1.807) is 25.1 Å². The van der Waals surface area contributed by atoms with E-state index >= 15 is 0 Å². The molecule has 1 atom stereocenters. The normalized spacial score (nSPS) is 15.1. The molecule has 0 fully saturated rings. The van der Waals surface area contributed by atoms with Crippen LogP contribution >= 0.6 is 11.3 Å². The molecule has 2 nitrogen and oxygen atoms in total. The van der Waals surface area contributed by atoms with Gasteiger partial charge in [0.1, 0.15) is 5.82 Å². The van der Waals surface area contributed by atoms with Crippen molar-refractivity contribution in [3.05, 3.63) is 51.7 Å². The summed E-state index contributed by atoms with van der Waals surface area (Å²) in [6.07, 6.45) is 0.314. The van der Waals surface area contributed by atoms with Gasteiger partial charge in [-0.2, -0.15) is 0 Å². The lowest BCUT2D eigenvalue weighted by Gasteiger charge is -2.23. The van der Waals surface area contributed by atoms with Gasteiger partial charge in [0, 0.05) is 22.8 Å². The van der Waals surface area contributed by atoms with Crippen molar-refractivity contribution in [2.24, 2.45) is 0 Å². The topological polar surface area (TPSA) is 33.1 Å². The summed E-state index contributed by atoms with van der Waals surface area (Å²) in [5, 5.41) is 13.4. The maximum atomic E-state index is 13.8. The van der Waals surface area contributed by atoms with Crippen molar-refractivity contribution >= 4 is 11.3 Å². The Labute approximate surface area is 123 Å². The van der Waals surface area contributed by atoms with E-state index in [9.17, 15) is 9.50 Å². The Balaban J connectivity index is 2.25. The molecule has 2 rings (SSSR count). The molecule has 108 valence electrons. The highest BCUT2D eigenvalue weighted by atomic mass is 32.1. The highest BCUT2D eigenvalue weighted by Crippen LogP contribution is 2.30. The molecule has 0 radical (unpaired) electrons. The average Bonchev–Trinajstić information content (AvgIpc) is 2.76. The van der Waals surface area contributed by atoms with Gasteiger partial charge >= 0.3 is 0 Å². The van der Waals surface area contributed by atoms with Crippen LogP contribution in [0.15, 0.2) is 29.6 Å². The van der Waals surface area contributed by atoms with Crippen molar-refractivity contribution in [1.29, 1.82) is 0 Å². The van der Waals surface area contributed by atoms with E-state index in [4.69, 9.17) is 0 Å². The lowest BCUT2D eigenvalue weighted by atomic mass is 9.91. The molecule has 0 saturated carbocycles. The first kappa shape index (κ1) is 15.1. The van der Waals surface area contributed by atoms with Crippen molar-refractivity contribution in [3.8, 4) is 0 Å². The molecule has 1 unspecified atom stereocenters. The van der Waals surface area contributed by atoms with E-state index in [0.29, 0.717) is 12.0 Å². The smallest absolute Gasteiger partial charge is 0.129 e. The van der Waals surface area contributed by atoms with Crippen molar-refractivity contribution in [2.45, 2.75) is 45.1 Å². The number of rotatable bonds is 3. The third-order valence-corrected chi connectivity index (χ3v) is 4.12. The number of benzene rings is 1. The Morgan fingerprint density at radius 2 is 1.85 bits per heavy atom. The molecule has 1 N–H and O–H groups in total. The summed E-state index contributed by atoms with van der Waals surface area (Å²) in [5.41, 5.74) is 0.0473. The summed E-state index contributed by atoms with van der Waals surface area (Å²) in [4.78, 5) is 4.56. The second-order valence-corrected chi connectivity index (χ2v) is 7.25. The Hall–Kier alpha value is -1.26. The van der Waals surface area contributed by atoms with E-state index in [2.05, 4.69) is 25.8 Å². The number of thiazole rings is 1. The van der Waals surface area contributed by atoms with Crippen LogP contribution in [-0.2, 0) is 17.4 Å². The number of aromatic nitrogens is 1. The molecule has 1 aromatic carbocycles. The molecule has 0 aliphatic carbocycles. The SMILES string of the molecule is CC(C)(C)c1csc(CC(C)(O)c2ccccc2F)n1. The first-order valence-corrected chi connectivity index (χ1v) is 7.50. The Morgan fingerprint density at radius 3 is 2.40 bits per heavy atom. The molecule has 4 heteroatoms. The second-order valence-electron chi connectivity index (χ2n) is 6.31. The summed E-state index contributed by atoms with van der Waals surface area (Å²) in [7, 11) is 0. The van der Waals surface area contributed by atoms with Crippen molar-refractivity contribution < 1.29 is 9.50 Å². The Bertz CT molecular complexity index is 599. The Morgan fingerprint density at radius 1 is 1.20 bits per heavy atom. The molecule has 0 saturated heterocycles. The van der Waals surface area contributed by atoms with Crippen LogP contribution in [0.2, 0.25) is 0 Å². The van der Waals surface area contributed by atoms with E-state index in [1.165, 1.54) is 17.4 Å². The quantitative estimate of drug-likeness (QED) is 0.927. The summed E-state index contributed by atoms with van der Waals surface area (Å²) < 4.78 is 13.8. The fourth-order valence-corrected chi connectivity index (χ4v) is 3.19. The fourth-order valence-electron chi connectivity index (χ4n) is 2.02. The first-order valence-electron chi connectivity index (χ1n) is 6.62. The van der Waals surface area contributed by atoms with Gasteiger partial charge in [-0.3, -0.25) is 0 Å². The zero-order valence-electron chi connectivity index (χ0n) is 12.3. The summed E-state index contributed by atoms with van der Waals surface area (Å²) >= 11 is 1.51. The molecule has 0 aliphatic rings. The van der Waals surface area contributed by atoms with Gasteiger partial charge in [0.25, 0.3) is 0 Å². The van der Waals surface area contributed by atoms with Crippen LogP contribution in [0.1, 0.15) is 44.0 Å². The van der Waals surface area contributed by atoms with Crippen LogP contribution in [0.25, 0.3) is 0 Å². The number of nitrogens with zero attached hydrogens (tertiary/aromatic N) is 1. The molecular formula is C16H20FNOS. The maximum Gasteiger partial charge on any atom is 0.129 e. The molecule has 0 bridgehead atoms. The van der Waals surface area contributed by atoms with Gasteiger partial charge < -0.3 is 5.11 Å². The van der Waals surface area contributed by atoms with Gasteiger partial charge in [0.2, 0.25) is 0 Å². The molecule has 1 aromatic heterocycles. The van der Waals surface area contributed by atoms with Crippen LogP contribution in [0.5, 0.6) is 0 Å². The molecule has 0 amide bonds. The molecule has 0 spiro atoms. The van der Waals surface area contributed by atoms with Gasteiger partial charge in [0.05, 0.1) is 16.3 Å². The molecule has 20 heavy (non-hydrogen) atoms. The average molecular weight is 293 g/mol. The molecule has 2 aromatic rings. The summed E-state index contributed by atoms with van der Waals surface area (Å²) in [6, 6.07) is 6.34. The van der Waals surface area contributed by atoms with Crippen molar-refractivity contribution in [1.82, 2.24) is 4.98 Å². The minimum atomic E-state index is -1.25. The van der Waals surface area contributed by atoms with E-state index in [1.807, 2.05) is 5.38 Å². The third-order valence-electron chi connectivity index (χ3n) is 3.27. The summed E-state index contributed by atoms with van der Waals surface area (Å²) in [6.45, 7) is 7.92. The number of hydrogen-bond donors (Lipinski definition) is 1. The minimum Gasteiger partial charge on any atom is -0.385 e. The fraction of sp³-hybridized carbons (Fsp3) is 0.438. The van der Waals surface area contributed by atoms with E-state index in [-0.39, 0.29) is 11.2 Å². The highest BCUT2D eigenvalue weighted by Gasteiger charge is 2.28. The van der Waals surface area contributed by atoms with Gasteiger partial charge in [-0.25, -0.2) is 9.37 Å². The second kappa shape index (κ2) is 5.26. The van der Waals surface area contributed by atoms with Crippen LogP contribution in [-0.4, -0.2) is 10.1 Å². The number of halogens is 1. The van der Waals surface area contributed by atoms with Gasteiger partial charge in [-0.1, -0.05) is 39.0 Å². The molecule has 1 heterocycles. The van der Waals surface area contributed by atoms with Crippen LogP contribution < -0.4 is 0 Å². The number of hydrogen-bond acceptors (Lipinski definition) is 3. The van der Waals surface area contributed by atoms with E-state index < -0.39 is 5.60 Å². The van der Waals surface area contributed by atoms with Crippen LogP contribution in [0.4, 0.5) is 4.39 Å².